The van der Waals surface area contributed by atoms with Crippen LogP contribution in [0.4, 0.5) is 4.39 Å². The minimum absolute atomic E-state index is 0.105. The zero-order valence-electron chi connectivity index (χ0n) is 12.8. The average Bonchev–Trinajstić information content (AvgIpc) is 2.44. The highest BCUT2D eigenvalue weighted by Gasteiger charge is 2.14. The lowest BCUT2D eigenvalue weighted by Crippen LogP contribution is -2.34. The first-order chi connectivity index (χ1) is 9.65. The van der Waals surface area contributed by atoms with Gasteiger partial charge in [-0.1, -0.05) is 19.1 Å². The number of likely N-dealkylation sites (tertiary alicyclic amines) is 1. The molecule has 0 amide bonds. The largest absolute Gasteiger partial charge is 0.313 e. The molecule has 0 spiro atoms. The predicted molar refractivity (Wildman–Crippen MR) is 82.3 cm³/mol. The zero-order valence-corrected chi connectivity index (χ0v) is 12.8. The first-order valence-corrected chi connectivity index (χ1v) is 7.83. The maximum atomic E-state index is 13.4. The van der Waals surface area contributed by atoms with Crippen molar-refractivity contribution in [2.75, 3.05) is 26.2 Å². The molecule has 1 aliphatic rings. The molecule has 1 heterocycles. The maximum absolute atomic E-state index is 13.4. The van der Waals surface area contributed by atoms with Crippen molar-refractivity contribution in [3.63, 3.8) is 0 Å². The van der Waals surface area contributed by atoms with Crippen LogP contribution in [0.5, 0.6) is 0 Å². The van der Waals surface area contributed by atoms with E-state index in [1.807, 2.05) is 12.1 Å². The molecule has 1 aliphatic heterocycles. The molecule has 20 heavy (non-hydrogen) atoms. The van der Waals surface area contributed by atoms with E-state index in [-0.39, 0.29) is 5.82 Å². The summed E-state index contributed by atoms with van der Waals surface area (Å²) in [6.07, 6.45) is 3.86. The monoisotopic (exact) mass is 278 g/mol. The highest BCUT2D eigenvalue weighted by molar-refractivity contribution is 5.23. The Kier molecular flexibility index (Phi) is 5.99. The Labute approximate surface area is 122 Å². The number of benzene rings is 1. The van der Waals surface area contributed by atoms with Gasteiger partial charge in [0.25, 0.3) is 0 Å². The van der Waals surface area contributed by atoms with Crippen molar-refractivity contribution in [3.8, 4) is 0 Å². The summed E-state index contributed by atoms with van der Waals surface area (Å²) < 4.78 is 13.4. The van der Waals surface area contributed by atoms with E-state index in [1.54, 1.807) is 13.0 Å². The van der Waals surface area contributed by atoms with Gasteiger partial charge in [-0.2, -0.15) is 0 Å². The van der Waals surface area contributed by atoms with Gasteiger partial charge in [0.1, 0.15) is 5.82 Å². The van der Waals surface area contributed by atoms with Crippen molar-refractivity contribution < 1.29 is 4.39 Å². The molecule has 0 radical (unpaired) electrons. The molecule has 0 unspecified atom stereocenters. The summed E-state index contributed by atoms with van der Waals surface area (Å²) in [4.78, 5) is 2.56. The molecule has 2 nitrogen and oxygen atoms in total. The Hall–Kier alpha value is -0.930. The number of rotatable bonds is 6. The molecule has 1 aromatic carbocycles. The zero-order chi connectivity index (χ0) is 14.4. The van der Waals surface area contributed by atoms with Crippen LogP contribution in [0.1, 0.15) is 37.3 Å². The summed E-state index contributed by atoms with van der Waals surface area (Å²) in [6, 6.07) is 5.48. The lowest BCUT2D eigenvalue weighted by Gasteiger charge is -2.30. The number of piperidine rings is 1. The Morgan fingerprint density at radius 3 is 2.75 bits per heavy atom. The molecule has 0 aromatic heterocycles. The van der Waals surface area contributed by atoms with Crippen LogP contribution >= 0.6 is 0 Å². The standard InChI is InChI=1S/C17H27FN2/c1-14-6-10-20(11-7-14)9-3-8-19-13-16-5-4-15(2)17(18)12-16/h4-5,12,14,19H,3,6-11,13H2,1-2H3. The molecule has 0 atom stereocenters. The van der Waals surface area contributed by atoms with E-state index >= 15 is 0 Å². The molecule has 112 valence electrons. The van der Waals surface area contributed by atoms with Gasteiger partial charge in [-0.3, -0.25) is 0 Å². The fourth-order valence-corrected chi connectivity index (χ4v) is 2.69. The predicted octanol–water partition coefficient (Wildman–Crippen LogP) is 3.35. The number of hydrogen-bond donors (Lipinski definition) is 1. The smallest absolute Gasteiger partial charge is 0.126 e. The third kappa shape index (κ3) is 4.88. The van der Waals surface area contributed by atoms with Crippen LogP contribution in [-0.4, -0.2) is 31.1 Å². The normalized spacial score (nSPS) is 17.6. The lowest BCUT2D eigenvalue weighted by atomic mass is 9.99. The molecule has 0 saturated carbocycles. The maximum Gasteiger partial charge on any atom is 0.126 e. The Balaban J connectivity index is 1.58. The average molecular weight is 278 g/mol. The highest BCUT2D eigenvalue weighted by Crippen LogP contribution is 2.15. The molecule has 1 saturated heterocycles. The van der Waals surface area contributed by atoms with Crippen molar-refractivity contribution >= 4 is 0 Å². The van der Waals surface area contributed by atoms with E-state index < -0.39 is 0 Å². The van der Waals surface area contributed by atoms with Crippen LogP contribution < -0.4 is 5.32 Å². The molecule has 0 bridgehead atoms. The third-order valence-corrected chi connectivity index (χ3v) is 4.27. The van der Waals surface area contributed by atoms with Gasteiger partial charge in [0.2, 0.25) is 0 Å². The van der Waals surface area contributed by atoms with Crippen molar-refractivity contribution in [2.45, 2.75) is 39.7 Å². The second-order valence-corrected chi connectivity index (χ2v) is 6.14. The van der Waals surface area contributed by atoms with Gasteiger partial charge in [0, 0.05) is 6.54 Å². The molecular weight excluding hydrogens is 251 g/mol. The molecule has 3 heteroatoms. The quantitative estimate of drug-likeness (QED) is 0.803. The SMILES string of the molecule is Cc1ccc(CNCCCN2CCC(C)CC2)cc1F. The van der Waals surface area contributed by atoms with Crippen molar-refractivity contribution in [2.24, 2.45) is 5.92 Å². The highest BCUT2D eigenvalue weighted by atomic mass is 19.1. The van der Waals surface area contributed by atoms with E-state index in [4.69, 9.17) is 0 Å². The van der Waals surface area contributed by atoms with E-state index in [1.165, 1.54) is 38.9 Å². The van der Waals surface area contributed by atoms with E-state index in [0.717, 1.165) is 24.6 Å². The fourth-order valence-electron chi connectivity index (χ4n) is 2.69. The Morgan fingerprint density at radius 1 is 1.30 bits per heavy atom. The summed E-state index contributed by atoms with van der Waals surface area (Å²) in [5.41, 5.74) is 1.74. The first-order valence-electron chi connectivity index (χ1n) is 7.83. The first kappa shape index (κ1) is 15.5. The number of hydrogen-bond acceptors (Lipinski definition) is 2. The van der Waals surface area contributed by atoms with Gasteiger partial charge < -0.3 is 10.2 Å². The van der Waals surface area contributed by atoms with Crippen LogP contribution in [0.25, 0.3) is 0 Å². The number of nitrogens with one attached hydrogen (secondary N) is 1. The van der Waals surface area contributed by atoms with Gasteiger partial charge in [-0.05, 0) is 75.5 Å². The molecule has 2 rings (SSSR count). The molecule has 1 N–H and O–H groups in total. The minimum Gasteiger partial charge on any atom is -0.313 e. The Bertz CT molecular complexity index is 411. The van der Waals surface area contributed by atoms with Gasteiger partial charge in [0.05, 0.1) is 0 Å². The third-order valence-electron chi connectivity index (χ3n) is 4.27. The summed E-state index contributed by atoms with van der Waals surface area (Å²) in [5, 5.41) is 3.40. The van der Waals surface area contributed by atoms with E-state index in [0.29, 0.717) is 5.56 Å². The topological polar surface area (TPSA) is 15.3 Å². The second kappa shape index (κ2) is 7.75. The van der Waals surface area contributed by atoms with Crippen molar-refractivity contribution in [3.05, 3.63) is 35.1 Å². The summed E-state index contributed by atoms with van der Waals surface area (Å²) >= 11 is 0. The van der Waals surface area contributed by atoms with Gasteiger partial charge >= 0.3 is 0 Å². The van der Waals surface area contributed by atoms with E-state index in [2.05, 4.69) is 17.1 Å². The fraction of sp³-hybridized carbons (Fsp3) is 0.647. The summed E-state index contributed by atoms with van der Waals surface area (Å²) in [5.74, 6) is 0.799. The van der Waals surface area contributed by atoms with Gasteiger partial charge in [-0.25, -0.2) is 4.39 Å². The van der Waals surface area contributed by atoms with E-state index in [9.17, 15) is 4.39 Å². The molecule has 0 aliphatic carbocycles. The minimum atomic E-state index is -0.105. The van der Waals surface area contributed by atoms with Gasteiger partial charge in [-0.15, -0.1) is 0 Å². The number of nitrogens with zero attached hydrogens (tertiary/aromatic N) is 1. The van der Waals surface area contributed by atoms with Crippen LogP contribution in [0, 0.1) is 18.7 Å². The molecule has 1 fully saturated rings. The van der Waals surface area contributed by atoms with Crippen LogP contribution in [0.15, 0.2) is 18.2 Å². The van der Waals surface area contributed by atoms with Gasteiger partial charge in [0.15, 0.2) is 0 Å². The van der Waals surface area contributed by atoms with Crippen molar-refractivity contribution in [1.29, 1.82) is 0 Å². The van der Waals surface area contributed by atoms with Crippen LogP contribution in [0.3, 0.4) is 0 Å². The Morgan fingerprint density at radius 2 is 2.05 bits per heavy atom. The second-order valence-electron chi connectivity index (χ2n) is 6.14. The number of halogens is 1. The lowest BCUT2D eigenvalue weighted by molar-refractivity contribution is 0.190. The van der Waals surface area contributed by atoms with Crippen LogP contribution in [-0.2, 0) is 6.54 Å². The summed E-state index contributed by atoms with van der Waals surface area (Å²) in [6.45, 7) is 9.60. The van der Waals surface area contributed by atoms with Crippen LogP contribution in [0.2, 0.25) is 0 Å². The van der Waals surface area contributed by atoms with Crippen molar-refractivity contribution in [1.82, 2.24) is 10.2 Å². The number of aryl methyl sites for hydroxylation is 1. The summed E-state index contributed by atoms with van der Waals surface area (Å²) in [7, 11) is 0. The molecular formula is C17H27FN2. The molecule has 1 aromatic rings.